The van der Waals surface area contributed by atoms with Gasteiger partial charge >= 0.3 is 5.97 Å². The first-order chi connectivity index (χ1) is 10.5. The molecule has 4 nitrogen and oxygen atoms in total. The molecule has 1 N–H and O–H groups in total. The largest absolute Gasteiger partial charge is 0.481 e. The number of carbonyl (C=O) groups excluding carboxylic acids is 1. The van der Waals surface area contributed by atoms with E-state index in [2.05, 4.69) is 0 Å². The van der Waals surface area contributed by atoms with Gasteiger partial charge in [0.25, 0.3) is 0 Å². The fourth-order valence-corrected chi connectivity index (χ4v) is 3.80. The Bertz CT molecular complexity index is 520. The summed E-state index contributed by atoms with van der Waals surface area (Å²) in [5.41, 5.74) is 1.20. The SMILES string of the molecule is CC(SCc1ccccc1)C(=O)N1CCC[C@H](C(=O)O)[C@@H]1C. The second-order valence-electron chi connectivity index (χ2n) is 5.80. The van der Waals surface area contributed by atoms with Crippen molar-refractivity contribution in [3.63, 3.8) is 0 Å². The van der Waals surface area contributed by atoms with Gasteiger partial charge in [-0.3, -0.25) is 9.59 Å². The van der Waals surface area contributed by atoms with Crippen LogP contribution < -0.4 is 0 Å². The molecule has 0 bridgehead atoms. The first-order valence-corrected chi connectivity index (χ1v) is 8.74. The van der Waals surface area contributed by atoms with E-state index < -0.39 is 11.9 Å². The van der Waals surface area contributed by atoms with Crippen LogP contribution in [0.5, 0.6) is 0 Å². The van der Waals surface area contributed by atoms with Crippen LogP contribution in [0.25, 0.3) is 0 Å². The molecule has 120 valence electrons. The molecular formula is C17H23NO3S. The Morgan fingerprint density at radius 2 is 2.05 bits per heavy atom. The average Bonchev–Trinajstić information content (AvgIpc) is 2.53. The van der Waals surface area contributed by atoms with Crippen LogP contribution >= 0.6 is 11.8 Å². The molecule has 1 aliphatic heterocycles. The van der Waals surface area contributed by atoms with E-state index in [1.165, 1.54) is 5.56 Å². The second kappa shape index (κ2) is 7.68. The van der Waals surface area contributed by atoms with Crippen molar-refractivity contribution in [1.29, 1.82) is 0 Å². The summed E-state index contributed by atoms with van der Waals surface area (Å²) in [6, 6.07) is 9.84. The van der Waals surface area contributed by atoms with Crippen LogP contribution in [-0.4, -0.2) is 39.7 Å². The molecule has 0 saturated carbocycles. The van der Waals surface area contributed by atoms with Gasteiger partial charge in [-0.25, -0.2) is 0 Å². The number of likely N-dealkylation sites (tertiary alicyclic amines) is 1. The van der Waals surface area contributed by atoms with E-state index in [4.69, 9.17) is 0 Å². The number of thioether (sulfide) groups is 1. The van der Waals surface area contributed by atoms with Crippen molar-refractivity contribution >= 4 is 23.6 Å². The van der Waals surface area contributed by atoms with Crippen molar-refractivity contribution in [3.8, 4) is 0 Å². The molecule has 2 rings (SSSR count). The van der Waals surface area contributed by atoms with E-state index in [1.54, 1.807) is 16.7 Å². The van der Waals surface area contributed by atoms with Crippen LogP contribution in [0, 0.1) is 5.92 Å². The van der Waals surface area contributed by atoms with Crippen molar-refractivity contribution < 1.29 is 14.7 Å². The van der Waals surface area contributed by atoms with Gasteiger partial charge in [0, 0.05) is 18.3 Å². The van der Waals surface area contributed by atoms with Gasteiger partial charge in [-0.1, -0.05) is 30.3 Å². The van der Waals surface area contributed by atoms with Crippen molar-refractivity contribution in [2.24, 2.45) is 5.92 Å². The first kappa shape index (κ1) is 16.9. The fourth-order valence-electron chi connectivity index (χ4n) is 2.88. The lowest BCUT2D eigenvalue weighted by molar-refractivity contribution is -0.148. The van der Waals surface area contributed by atoms with Gasteiger partial charge < -0.3 is 10.0 Å². The number of piperidine rings is 1. The molecule has 0 spiro atoms. The maximum Gasteiger partial charge on any atom is 0.308 e. The number of nitrogens with zero attached hydrogens (tertiary/aromatic N) is 1. The van der Waals surface area contributed by atoms with Crippen LogP contribution in [0.15, 0.2) is 30.3 Å². The number of amides is 1. The summed E-state index contributed by atoms with van der Waals surface area (Å²) in [7, 11) is 0. The Balaban J connectivity index is 1.93. The predicted molar refractivity (Wildman–Crippen MR) is 88.7 cm³/mol. The van der Waals surface area contributed by atoms with Crippen LogP contribution in [0.3, 0.4) is 0 Å². The molecule has 1 heterocycles. The summed E-state index contributed by atoms with van der Waals surface area (Å²) in [4.78, 5) is 25.6. The summed E-state index contributed by atoms with van der Waals surface area (Å²) >= 11 is 1.60. The van der Waals surface area contributed by atoms with Gasteiger partial charge in [-0.15, -0.1) is 11.8 Å². The molecular weight excluding hydrogens is 298 g/mol. The third kappa shape index (κ3) is 4.03. The Kier molecular flexibility index (Phi) is 5.89. The molecule has 1 fully saturated rings. The zero-order valence-corrected chi connectivity index (χ0v) is 13.9. The molecule has 1 aromatic carbocycles. The van der Waals surface area contributed by atoms with Crippen LogP contribution in [-0.2, 0) is 15.3 Å². The fraction of sp³-hybridized carbons (Fsp3) is 0.529. The highest BCUT2D eigenvalue weighted by Crippen LogP contribution is 2.27. The highest BCUT2D eigenvalue weighted by Gasteiger charge is 2.36. The topological polar surface area (TPSA) is 57.6 Å². The zero-order valence-electron chi connectivity index (χ0n) is 13.1. The maximum atomic E-state index is 12.6. The zero-order chi connectivity index (χ0) is 16.1. The van der Waals surface area contributed by atoms with Crippen molar-refractivity contribution in [1.82, 2.24) is 4.90 Å². The van der Waals surface area contributed by atoms with E-state index in [1.807, 2.05) is 44.2 Å². The minimum absolute atomic E-state index is 0.0550. The predicted octanol–water partition coefficient (Wildman–Crippen LogP) is 3.02. The quantitative estimate of drug-likeness (QED) is 0.905. The van der Waals surface area contributed by atoms with E-state index in [-0.39, 0.29) is 17.2 Å². The number of aliphatic carboxylic acids is 1. The number of carboxylic acids is 1. The molecule has 22 heavy (non-hydrogen) atoms. The van der Waals surface area contributed by atoms with E-state index in [0.717, 1.165) is 12.2 Å². The number of carbonyl (C=O) groups is 2. The molecule has 0 aliphatic carbocycles. The Labute approximate surface area is 135 Å². The summed E-state index contributed by atoms with van der Waals surface area (Å²) in [6.07, 6.45) is 1.43. The van der Waals surface area contributed by atoms with E-state index in [0.29, 0.717) is 13.0 Å². The summed E-state index contributed by atoms with van der Waals surface area (Å²) in [5.74, 6) is -0.392. The first-order valence-electron chi connectivity index (χ1n) is 7.69. The number of carboxylic acid groups (broad SMARTS) is 1. The number of benzene rings is 1. The van der Waals surface area contributed by atoms with Crippen molar-refractivity contribution in [2.75, 3.05) is 6.54 Å². The lowest BCUT2D eigenvalue weighted by Crippen LogP contribution is -2.51. The van der Waals surface area contributed by atoms with Crippen LogP contribution in [0.2, 0.25) is 0 Å². The number of rotatable bonds is 5. The van der Waals surface area contributed by atoms with E-state index in [9.17, 15) is 14.7 Å². The van der Waals surface area contributed by atoms with Crippen LogP contribution in [0.4, 0.5) is 0 Å². The van der Waals surface area contributed by atoms with E-state index >= 15 is 0 Å². The van der Waals surface area contributed by atoms with Crippen LogP contribution in [0.1, 0.15) is 32.3 Å². The molecule has 0 radical (unpaired) electrons. The molecule has 3 atom stereocenters. The number of hydrogen-bond acceptors (Lipinski definition) is 3. The summed E-state index contributed by atoms with van der Waals surface area (Å²) in [5, 5.41) is 9.10. The minimum atomic E-state index is -0.797. The third-order valence-corrected chi connectivity index (χ3v) is 5.48. The van der Waals surface area contributed by atoms with Gasteiger partial charge in [-0.05, 0) is 32.3 Å². The molecule has 1 amide bonds. The highest BCUT2D eigenvalue weighted by molar-refractivity contribution is 7.99. The van der Waals surface area contributed by atoms with Gasteiger partial charge in [0.15, 0.2) is 0 Å². The molecule has 1 unspecified atom stereocenters. The second-order valence-corrected chi connectivity index (χ2v) is 7.13. The Morgan fingerprint density at radius 1 is 1.36 bits per heavy atom. The van der Waals surface area contributed by atoms with Gasteiger partial charge in [0.2, 0.25) is 5.91 Å². The smallest absolute Gasteiger partial charge is 0.308 e. The summed E-state index contributed by atoms with van der Waals surface area (Å²) in [6.45, 7) is 4.43. The lowest BCUT2D eigenvalue weighted by atomic mass is 9.90. The molecule has 5 heteroatoms. The third-order valence-electron chi connectivity index (χ3n) is 4.28. The van der Waals surface area contributed by atoms with Crippen molar-refractivity contribution in [2.45, 2.75) is 43.7 Å². The van der Waals surface area contributed by atoms with Gasteiger partial charge in [-0.2, -0.15) is 0 Å². The molecule has 1 aromatic rings. The van der Waals surface area contributed by atoms with Gasteiger partial charge in [0.05, 0.1) is 11.2 Å². The van der Waals surface area contributed by atoms with Gasteiger partial charge in [0.1, 0.15) is 0 Å². The molecule has 1 saturated heterocycles. The highest BCUT2D eigenvalue weighted by atomic mass is 32.2. The Morgan fingerprint density at radius 3 is 2.68 bits per heavy atom. The summed E-state index contributed by atoms with van der Waals surface area (Å²) < 4.78 is 0. The maximum absolute atomic E-state index is 12.6. The standard InChI is InChI=1S/C17H23NO3S/c1-12-15(17(20)21)9-6-10-18(12)16(19)13(2)22-11-14-7-4-3-5-8-14/h3-5,7-8,12-13,15H,6,9-11H2,1-2H3,(H,20,21)/t12-,13?,15-/m0/s1. The normalized spacial score (nSPS) is 23.1. The van der Waals surface area contributed by atoms with Crippen molar-refractivity contribution in [3.05, 3.63) is 35.9 Å². The monoisotopic (exact) mass is 321 g/mol. The molecule has 0 aromatic heterocycles. The average molecular weight is 321 g/mol. The minimum Gasteiger partial charge on any atom is -0.481 e. The molecule has 1 aliphatic rings. The Hall–Kier alpha value is -1.49. The lowest BCUT2D eigenvalue weighted by Gasteiger charge is -2.38. The number of hydrogen-bond donors (Lipinski definition) is 1.